The second-order valence-corrected chi connectivity index (χ2v) is 6.57. The van der Waals surface area contributed by atoms with Crippen molar-refractivity contribution in [2.45, 2.75) is 70.7 Å². The molecule has 1 aliphatic heterocycles. The van der Waals surface area contributed by atoms with Gasteiger partial charge >= 0.3 is 0 Å². The van der Waals surface area contributed by atoms with Crippen molar-refractivity contribution in [3.8, 4) is 11.5 Å². The molecule has 1 aromatic rings. The molecule has 3 rings (SSSR count). The molecule has 2 aliphatic rings. The molecule has 1 saturated carbocycles. The Bertz CT molecular complexity index is 595. The van der Waals surface area contributed by atoms with Gasteiger partial charge in [0.25, 0.3) is 0 Å². The van der Waals surface area contributed by atoms with Crippen molar-refractivity contribution in [3.05, 3.63) is 23.3 Å². The summed E-state index contributed by atoms with van der Waals surface area (Å²) in [5.41, 5.74) is 0.920. The summed E-state index contributed by atoms with van der Waals surface area (Å²) in [4.78, 5) is 11.6. The molecule has 22 heavy (non-hydrogen) atoms. The van der Waals surface area contributed by atoms with E-state index in [1.54, 1.807) is 6.07 Å². The quantitative estimate of drug-likeness (QED) is 0.666. The molecular weight excluding hydrogens is 280 g/mol. The number of carbonyl (C=O) groups excluding carboxylic acids is 1. The molecule has 0 spiro atoms. The second kappa shape index (κ2) is 5.58. The summed E-state index contributed by atoms with van der Waals surface area (Å²) in [5.74, 6) is 0.629. The van der Waals surface area contributed by atoms with Gasteiger partial charge in [-0.3, -0.25) is 4.79 Å². The summed E-state index contributed by atoms with van der Waals surface area (Å²) in [6.45, 7) is 5.62. The van der Waals surface area contributed by atoms with E-state index in [9.17, 15) is 9.90 Å². The van der Waals surface area contributed by atoms with Crippen LogP contribution < -0.4 is 4.74 Å². The number of epoxide rings is 1. The van der Waals surface area contributed by atoms with Gasteiger partial charge in [0.05, 0.1) is 11.7 Å². The number of carbonyl (C=O) groups is 1. The molecule has 120 valence electrons. The Kier molecular flexibility index (Phi) is 3.89. The molecular formula is C18H24O4. The third kappa shape index (κ3) is 2.50. The highest BCUT2D eigenvalue weighted by atomic mass is 16.6. The number of ether oxygens (including phenoxy) is 2. The number of Topliss-reactive ketones (excluding diaryl/α,β-unsaturated/α-hetero) is 1. The van der Waals surface area contributed by atoms with Gasteiger partial charge in [-0.2, -0.15) is 0 Å². The molecule has 4 heteroatoms. The van der Waals surface area contributed by atoms with Gasteiger partial charge in [-0.05, 0) is 51.7 Å². The van der Waals surface area contributed by atoms with Crippen molar-refractivity contribution < 1.29 is 19.4 Å². The summed E-state index contributed by atoms with van der Waals surface area (Å²) < 4.78 is 12.0. The van der Waals surface area contributed by atoms with Crippen LogP contribution in [0, 0.1) is 0 Å². The molecule has 1 heterocycles. The molecule has 3 unspecified atom stereocenters. The molecule has 4 nitrogen and oxygen atoms in total. The minimum Gasteiger partial charge on any atom is -0.507 e. The van der Waals surface area contributed by atoms with Crippen molar-refractivity contribution in [3.63, 3.8) is 0 Å². The molecule has 3 atom stereocenters. The maximum atomic E-state index is 11.6. The third-order valence-electron chi connectivity index (χ3n) is 4.94. The molecule has 2 fully saturated rings. The number of benzene rings is 1. The summed E-state index contributed by atoms with van der Waals surface area (Å²) in [7, 11) is 0. The zero-order valence-electron chi connectivity index (χ0n) is 13.5. The van der Waals surface area contributed by atoms with Crippen LogP contribution in [0.1, 0.15) is 62.4 Å². The van der Waals surface area contributed by atoms with E-state index in [-0.39, 0.29) is 23.2 Å². The molecule has 1 aliphatic carbocycles. The van der Waals surface area contributed by atoms with Gasteiger partial charge in [-0.25, -0.2) is 0 Å². The lowest BCUT2D eigenvalue weighted by Gasteiger charge is -2.27. The van der Waals surface area contributed by atoms with Crippen molar-refractivity contribution in [2.75, 3.05) is 0 Å². The average molecular weight is 304 g/mol. The van der Waals surface area contributed by atoms with Gasteiger partial charge in [0, 0.05) is 5.56 Å². The number of fused-ring (bicyclic) bond motifs is 1. The third-order valence-corrected chi connectivity index (χ3v) is 4.94. The van der Waals surface area contributed by atoms with Gasteiger partial charge in [0.2, 0.25) is 0 Å². The van der Waals surface area contributed by atoms with Crippen LogP contribution >= 0.6 is 0 Å². The van der Waals surface area contributed by atoms with E-state index in [0.29, 0.717) is 23.8 Å². The lowest BCUT2D eigenvalue weighted by atomic mass is 9.87. The highest BCUT2D eigenvalue weighted by Gasteiger charge is 2.60. The number of phenols is 1. The van der Waals surface area contributed by atoms with Gasteiger partial charge in [0.15, 0.2) is 5.78 Å². The minimum absolute atomic E-state index is 0.0180. The minimum atomic E-state index is -0.184. The monoisotopic (exact) mass is 304 g/mol. The van der Waals surface area contributed by atoms with Crippen LogP contribution in [0.5, 0.6) is 11.5 Å². The van der Waals surface area contributed by atoms with Crippen molar-refractivity contribution in [2.24, 2.45) is 0 Å². The molecule has 1 aromatic carbocycles. The van der Waals surface area contributed by atoms with Crippen molar-refractivity contribution in [1.82, 2.24) is 0 Å². The van der Waals surface area contributed by atoms with Crippen LogP contribution in [0.4, 0.5) is 0 Å². The molecule has 0 amide bonds. The molecule has 0 radical (unpaired) electrons. The Labute approximate surface area is 131 Å². The standard InChI is InChI=1S/C18H24O4/c1-4-6-13-14(10-9-12(11(2)19)17(13)20)21-15-7-5-8-16-18(15,3)22-16/h9-10,15-16,20H,4-8H2,1-3H3. The fraction of sp³-hybridized carbons (Fsp3) is 0.611. The zero-order chi connectivity index (χ0) is 15.9. The Morgan fingerprint density at radius 3 is 2.91 bits per heavy atom. The summed E-state index contributed by atoms with van der Waals surface area (Å²) in [6, 6.07) is 3.47. The van der Waals surface area contributed by atoms with Gasteiger partial charge in [-0.1, -0.05) is 13.3 Å². The van der Waals surface area contributed by atoms with Crippen LogP contribution in [-0.4, -0.2) is 28.7 Å². The lowest BCUT2D eigenvalue weighted by molar-refractivity contribution is 0.0949. The first-order chi connectivity index (χ1) is 10.5. The molecule has 0 bridgehead atoms. The van der Waals surface area contributed by atoms with Gasteiger partial charge < -0.3 is 14.6 Å². The maximum absolute atomic E-state index is 11.6. The number of ketones is 1. The van der Waals surface area contributed by atoms with Crippen LogP contribution in [0.25, 0.3) is 0 Å². The van der Waals surface area contributed by atoms with Crippen molar-refractivity contribution in [1.29, 1.82) is 0 Å². The van der Waals surface area contributed by atoms with E-state index in [1.807, 2.05) is 13.0 Å². The molecule has 0 aromatic heterocycles. The smallest absolute Gasteiger partial charge is 0.163 e. The Balaban J connectivity index is 1.89. The molecule has 1 saturated heterocycles. The first kappa shape index (κ1) is 15.3. The van der Waals surface area contributed by atoms with Crippen LogP contribution in [0.3, 0.4) is 0 Å². The van der Waals surface area contributed by atoms with Crippen LogP contribution in [0.2, 0.25) is 0 Å². The number of phenolic OH excluding ortho intramolecular Hbond substituents is 1. The van der Waals surface area contributed by atoms with E-state index in [0.717, 1.165) is 31.2 Å². The first-order valence-electron chi connectivity index (χ1n) is 8.17. The Hall–Kier alpha value is -1.55. The fourth-order valence-electron chi connectivity index (χ4n) is 3.51. The molecule has 1 N–H and O–H groups in total. The second-order valence-electron chi connectivity index (χ2n) is 6.57. The van der Waals surface area contributed by atoms with E-state index in [1.165, 1.54) is 6.92 Å². The number of hydrogen-bond donors (Lipinski definition) is 1. The Morgan fingerprint density at radius 2 is 2.23 bits per heavy atom. The fourth-order valence-corrected chi connectivity index (χ4v) is 3.51. The summed E-state index contributed by atoms with van der Waals surface area (Å²) in [5, 5.41) is 10.4. The van der Waals surface area contributed by atoms with E-state index >= 15 is 0 Å². The largest absolute Gasteiger partial charge is 0.507 e. The number of hydrogen-bond acceptors (Lipinski definition) is 4. The Morgan fingerprint density at radius 1 is 1.45 bits per heavy atom. The van der Waals surface area contributed by atoms with Gasteiger partial charge in [0.1, 0.15) is 23.2 Å². The lowest BCUT2D eigenvalue weighted by Crippen LogP contribution is -2.37. The highest BCUT2D eigenvalue weighted by Crippen LogP contribution is 2.49. The zero-order valence-corrected chi connectivity index (χ0v) is 13.5. The average Bonchev–Trinajstić information content (AvgIpc) is 3.15. The van der Waals surface area contributed by atoms with Crippen molar-refractivity contribution >= 4 is 5.78 Å². The SMILES string of the molecule is CCCc1c(OC2CCCC3OC23C)ccc(C(C)=O)c1O. The number of aromatic hydroxyl groups is 1. The van der Waals surface area contributed by atoms with E-state index in [4.69, 9.17) is 9.47 Å². The maximum Gasteiger partial charge on any atom is 0.163 e. The highest BCUT2D eigenvalue weighted by molar-refractivity contribution is 5.97. The van der Waals surface area contributed by atoms with E-state index < -0.39 is 0 Å². The predicted octanol–water partition coefficient (Wildman–Crippen LogP) is 3.64. The van der Waals surface area contributed by atoms with Crippen LogP contribution in [0.15, 0.2) is 12.1 Å². The van der Waals surface area contributed by atoms with Crippen LogP contribution in [-0.2, 0) is 11.2 Å². The normalized spacial score (nSPS) is 29.8. The van der Waals surface area contributed by atoms with Gasteiger partial charge in [-0.15, -0.1) is 0 Å². The topological polar surface area (TPSA) is 59.1 Å². The first-order valence-corrected chi connectivity index (χ1v) is 8.17. The van der Waals surface area contributed by atoms with E-state index in [2.05, 4.69) is 6.92 Å². The summed E-state index contributed by atoms with van der Waals surface area (Å²) in [6.07, 6.45) is 5.07. The summed E-state index contributed by atoms with van der Waals surface area (Å²) >= 11 is 0. The predicted molar refractivity (Wildman–Crippen MR) is 83.7 cm³/mol. The number of rotatable bonds is 5.